The number of hydrogen-bond donors (Lipinski definition) is 1. The van der Waals surface area contributed by atoms with E-state index >= 15 is 0 Å². The lowest BCUT2D eigenvalue weighted by atomic mass is 10.1. The minimum absolute atomic E-state index is 0.255. The van der Waals surface area contributed by atoms with E-state index in [1.165, 1.54) is 7.11 Å². The van der Waals surface area contributed by atoms with Crippen LogP contribution in [0.5, 0.6) is 5.88 Å². The van der Waals surface area contributed by atoms with Crippen molar-refractivity contribution in [3.8, 4) is 5.88 Å². The molecule has 0 aliphatic carbocycles. The van der Waals surface area contributed by atoms with E-state index in [4.69, 9.17) is 0 Å². The predicted octanol–water partition coefficient (Wildman–Crippen LogP) is 2.81. The van der Waals surface area contributed by atoms with E-state index in [0.717, 1.165) is 37.2 Å². The highest BCUT2D eigenvalue weighted by Crippen LogP contribution is 2.36. The molecule has 1 aromatic heterocycles. The zero-order chi connectivity index (χ0) is 16.6. The normalized spacial score (nSPS) is 14.3. The van der Waals surface area contributed by atoms with Crippen LogP contribution in [0.4, 0.5) is 5.69 Å². The number of thiazole rings is 1. The number of methoxy groups -OCH3 is 1. The topological polar surface area (TPSA) is 80.9 Å². The quantitative estimate of drug-likeness (QED) is 0.811. The van der Waals surface area contributed by atoms with Crippen molar-refractivity contribution in [2.24, 2.45) is 4.99 Å². The van der Waals surface area contributed by atoms with Crippen LogP contribution in [-0.4, -0.2) is 29.0 Å². The molecule has 1 aliphatic heterocycles. The molecule has 0 fully saturated rings. The Labute approximate surface area is 143 Å². The summed E-state index contributed by atoms with van der Waals surface area (Å²) in [6.07, 6.45) is 3.35. The maximum atomic E-state index is 11.9. The lowest BCUT2D eigenvalue weighted by Crippen LogP contribution is -2.19. The van der Waals surface area contributed by atoms with Crippen molar-refractivity contribution in [1.82, 2.24) is 4.57 Å². The first-order valence-corrected chi connectivity index (χ1v) is 8.15. The summed E-state index contributed by atoms with van der Waals surface area (Å²) >= 11 is 4.27. The molecule has 1 aromatic carbocycles. The number of aromatic nitrogens is 1. The van der Waals surface area contributed by atoms with E-state index in [0.29, 0.717) is 4.88 Å². The second-order valence-electron chi connectivity index (χ2n) is 4.74. The number of rotatable bonds is 3. The van der Waals surface area contributed by atoms with Crippen LogP contribution in [-0.2, 0) is 16.1 Å². The molecule has 2 heterocycles. The SMILES string of the molecule is COC(=O)Cn1c(O)c(/C=C2/C=Nc3ccc(Br)cc32)sc1=O. The molecule has 118 valence electrons. The number of ether oxygens (including phenoxy) is 1. The van der Waals surface area contributed by atoms with Crippen LogP contribution in [0.15, 0.2) is 32.5 Å². The Morgan fingerprint density at radius 2 is 2.30 bits per heavy atom. The zero-order valence-electron chi connectivity index (χ0n) is 11.9. The van der Waals surface area contributed by atoms with E-state index in [9.17, 15) is 14.7 Å². The van der Waals surface area contributed by atoms with Crippen molar-refractivity contribution in [1.29, 1.82) is 0 Å². The summed E-state index contributed by atoms with van der Waals surface area (Å²) in [6.45, 7) is -0.322. The summed E-state index contributed by atoms with van der Waals surface area (Å²) in [6, 6.07) is 5.68. The molecule has 0 unspecified atom stereocenters. The molecule has 2 aromatic rings. The summed E-state index contributed by atoms with van der Waals surface area (Å²) < 4.78 is 6.41. The van der Waals surface area contributed by atoms with Crippen molar-refractivity contribution >= 4 is 56.8 Å². The Bertz CT molecular complexity index is 911. The number of aliphatic imine (C=N–C) groups is 1. The van der Waals surface area contributed by atoms with Gasteiger partial charge in [0.2, 0.25) is 5.88 Å². The van der Waals surface area contributed by atoms with Crippen molar-refractivity contribution in [3.05, 3.63) is 42.8 Å². The average Bonchev–Trinajstić information content (AvgIpc) is 3.03. The molecule has 6 nitrogen and oxygen atoms in total. The van der Waals surface area contributed by atoms with E-state index in [2.05, 4.69) is 25.7 Å². The molecule has 1 N–H and O–H groups in total. The van der Waals surface area contributed by atoms with E-state index < -0.39 is 10.8 Å². The largest absolute Gasteiger partial charge is 0.493 e. The van der Waals surface area contributed by atoms with Crippen LogP contribution < -0.4 is 4.87 Å². The highest BCUT2D eigenvalue weighted by atomic mass is 79.9. The first-order valence-electron chi connectivity index (χ1n) is 6.54. The molecule has 0 saturated heterocycles. The lowest BCUT2D eigenvalue weighted by molar-refractivity contribution is -0.141. The third-order valence-electron chi connectivity index (χ3n) is 3.31. The number of carbonyl (C=O) groups excluding carboxylic acids is 1. The Kier molecular flexibility index (Phi) is 4.18. The van der Waals surface area contributed by atoms with Crippen molar-refractivity contribution < 1.29 is 14.6 Å². The smallest absolute Gasteiger partial charge is 0.325 e. The van der Waals surface area contributed by atoms with Crippen LogP contribution in [0.2, 0.25) is 0 Å². The fourth-order valence-electron chi connectivity index (χ4n) is 2.16. The minimum Gasteiger partial charge on any atom is -0.493 e. The fraction of sp³-hybridized carbons (Fsp3) is 0.133. The number of nitrogens with zero attached hydrogens (tertiary/aromatic N) is 2. The number of halogens is 1. The lowest BCUT2D eigenvalue weighted by Gasteiger charge is -2.02. The van der Waals surface area contributed by atoms with Gasteiger partial charge in [0.1, 0.15) is 6.54 Å². The molecule has 0 bridgehead atoms. The number of aromatic hydroxyl groups is 1. The van der Waals surface area contributed by atoms with Gasteiger partial charge in [-0.15, -0.1) is 0 Å². The average molecular weight is 395 g/mol. The van der Waals surface area contributed by atoms with Gasteiger partial charge < -0.3 is 9.84 Å². The Morgan fingerprint density at radius 1 is 1.52 bits per heavy atom. The fourth-order valence-corrected chi connectivity index (χ4v) is 3.36. The van der Waals surface area contributed by atoms with Gasteiger partial charge in [0, 0.05) is 21.8 Å². The van der Waals surface area contributed by atoms with E-state index in [1.807, 2.05) is 18.2 Å². The molecule has 3 rings (SSSR count). The van der Waals surface area contributed by atoms with Gasteiger partial charge in [0.25, 0.3) is 0 Å². The molecule has 0 amide bonds. The summed E-state index contributed by atoms with van der Waals surface area (Å²) in [5.74, 6) is -0.856. The maximum Gasteiger partial charge on any atom is 0.325 e. The van der Waals surface area contributed by atoms with Gasteiger partial charge in [0.05, 0.1) is 17.7 Å². The van der Waals surface area contributed by atoms with Crippen molar-refractivity contribution in [2.75, 3.05) is 7.11 Å². The highest BCUT2D eigenvalue weighted by molar-refractivity contribution is 9.10. The molecule has 0 atom stereocenters. The predicted molar refractivity (Wildman–Crippen MR) is 92.4 cm³/mol. The number of esters is 1. The minimum atomic E-state index is -0.601. The Balaban J connectivity index is 2.01. The van der Waals surface area contributed by atoms with Gasteiger partial charge >= 0.3 is 10.8 Å². The molecule has 23 heavy (non-hydrogen) atoms. The van der Waals surface area contributed by atoms with Crippen molar-refractivity contribution in [2.45, 2.75) is 6.54 Å². The monoisotopic (exact) mass is 394 g/mol. The van der Waals surface area contributed by atoms with Crippen LogP contribution in [0.1, 0.15) is 10.4 Å². The van der Waals surface area contributed by atoms with Gasteiger partial charge in [-0.05, 0) is 24.3 Å². The van der Waals surface area contributed by atoms with E-state index in [-0.39, 0.29) is 12.4 Å². The van der Waals surface area contributed by atoms with Gasteiger partial charge in [-0.3, -0.25) is 19.1 Å². The van der Waals surface area contributed by atoms with Crippen LogP contribution >= 0.6 is 27.3 Å². The highest BCUT2D eigenvalue weighted by Gasteiger charge is 2.18. The zero-order valence-corrected chi connectivity index (χ0v) is 14.3. The summed E-state index contributed by atoms with van der Waals surface area (Å²) in [7, 11) is 1.23. The second kappa shape index (κ2) is 6.13. The third-order valence-corrected chi connectivity index (χ3v) is 4.72. The summed E-state index contributed by atoms with van der Waals surface area (Å²) in [5, 5.41) is 10.2. The van der Waals surface area contributed by atoms with Gasteiger partial charge in [-0.25, -0.2) is 0 Å². The second-order valence-corrected chi connectivity index (χ2v) is 6.65. The first kappa shape index (κ1) is 15.7. The molecule has 0 radical (unpaired) electrons. The Hall–Kier alpha value is -2.19. The summed E-state index contributed by atoms with van der Waals surface area (Å²) in [5.41, 5.74) is 2.50. The van der Waals surface area contributed by atoms with Crippen LogP contribution in [0, 0.1) is 0 Å². The number of fused-ring (bicyclic) bond motifs is 1. The number of allylic oxidation sites excluding steroid dienone is 1. The molecular formula is C15H11BrN2O4S. The molecular weight excluding hydrogens is 384 g/mol. The van der Waals surface area contributed by atoms with Crippen LogP contribution in [0.3, 0.4) is 0 Å². The molecule has 0 spiro atoms. The number of benzene rings is 1. The molecule has 1 aliphatic rings. The van der Waals surface area contributed by atoms with Gasteiger partial charge in [-0.2, -0.15) is 0 Å². The van der Waals surface area contributed by atoms with E-state index in [1.54, 1.807) is 12.3 Å². The number of carbonyl (C=O) groups is 1. The Morgan fingerprint density at radius 3 is 3.04 bits per heavy atom. The maximum absolute atomic E-state index is 11.9. The van der Waals surface area contributed by atoms with Gasteiger partial charge in [-0.1, -0.05) is 27.3 Å². The van der Waals surface area contributed by atoms with Crippen molar-refractivity contribution in [3.63, 3.8) is 0 Å². The standard InChI is InChI=1S/C15H11BrN2O4S/c1-22-13(19)7-18-14(20)12(23-15(18)21)4-8-6-17-11-3-2-9(16)5-10(8)11/h2-6,20H,7H2,1H3/b8-4-. The molecule has 0 saturated carbocycles. The number of hydrogen-bond acceptors (Lipinski definition) is 6. The third kappa shape index (κ3) is 2.99. The van der Waals surface area contributed by atoms with Crippen LogP contribution in [0.25, 0.3) is 11.6 Å². The first-order chi connectivity index (χ1) is 11.0. The van der Waals surface area contributed by atoms with Gasteiger partial charge in [0.15, 0.2) is 0 Å². The summed E-state index contributed by atoms with van der Waals surface area (Å²) in [4.78, 5) is 27.5. The molecule has 8 heteroatoms.